The first kappa shape index (κ1) is 10.2. The Balaban J connectivity index is 2.62. The predicted octanol–water partition coefficient (Wildman–Crippen LogP) is 2.15. The molecule has 2 heteroatoms. The Morgan fingerprint density at radius 1 is 1.31 bits per heavy atom. The lowest BCUT2D eigenvalue weighted by atomic mass is 10.1. The molecule has 2 unspecified atom stereocenters. The monoisotopic (exact) mass is 180 g/mol. The summed E-state index contributed by atoms with van der Waals surface area (Å²) in [6.45, 7) is 4.43. The summed E-state index contributed by atoms with van der Waals surface area (Å²) in [7, 11) is 0. The van der Waals surface area contributed by atoms with Crippen LogP contribution in [0.4, 0.5) is 0 Å². The molecule has 2 nitrogen and oxygen atoms in total. The quantitative estimate of drug-likeness (QED) is 0.769. The Kier molecular flexibility index (Phi) is 3.93. The molecule has 0 saturated carbocycles. The predicted molar refractivity (Wildman–Crippen MR) is 52.5 cm³/mol. The highest BCUT2D eigenvalue weighted by Gasteiger charge is 2.15. The first-order valence-corrected chi connectivity index (χ1v) is 4.60. The lowest BCUT2D eigenvalue weighted by Crippen LogP contribution is -2.18. The highest BCUT2D eigenvalue weighted by atomic mass is 16.5. The number of hydrogen-bond donors (Lipinski definition) is 1. The van der Waals surface area contributed by atoms with Gasteiger partial charge in [-0.25, -0.2) is 0 Å². The van der Waals surface area contributed by atoms with E-state index in [9.17, 15) is 5.11 Å². The maximum absolute atomic E-state index is 9.80. The Morgan fingerprint density at radius 3 is 2.46 bits per heavy atom. The lowest BCUT2D eigenvalue weighted by Gasteiger charge is -2.18. The van der Waals surface area contributed by atoms with Gasteiger partial charge in [-0.3, -0.25) is 0 Å². The molecular formula is C11H16O2. The van der Waals surface area contributed by atoms with Crippen LogP contribution in [-0.2, 0) is 4.74 Å². The van der Waals surface area contributed by atoms with Crippen molar-refractivity contribution in [3.05, 3.63) is 35.9 Å². The average Bonchev–Trinajstić information content (AvgIpc) is 2.18. The third-order valence-corrected chi connectivity index (χ3v) is 2.02. The highest BCUT2D eigenvalue weighted by Crippen LogP contribution is 2.17. The third-order valence-electron chi connectivity index (χ3n) is 2.02. The summed E-state index contributed by atoms with van der Waals surface area (Å²) >= 11 is 0. The topological polar surface area (TPSA) is 29.5 Å². The van der Waals surface area contributed by atoms with Gasteiger partial charge in [0.1, 0.15) is 6.10 Å². The van der Waals surface area contributed by atoms with E-state index in [0.29, 0.717) is 6.61 Å². The van der Waals surface area contributed by atoms with E-state index in [1.165, 1.54) is 0 Å². The fourth-order valence-corrected chi connectivity index (χ4v) is 1.28. The van der Waals surface area contributed by atoms with Crippen molar-refractivity contribution in [1.82, 2.24) is 0 Å². The van der Waals surface area contributed by atoms with Crippen molar-refractivity contribution in [2.75, 3.05) is 6.61 Å². The van der Waals surface area contributed by atoms with Crippen molar-refractivity contribution in [3.63, 3.8) is 0 Å². The molecule has 1 aromatic rings. The molecule has 13 heavy (non-hydrogen) atoms. The lowest BCUT2D eigenvalue weighted by molar-refractivity contribution is -0.0227. The van der Waals surface area contributed by atoms with Crippen LogP contribution in [0.15, 0.2) is 30.3 Å². The molecule has 0 aliphatic heterocycles. The summed E-state index contributed by atoms with van der Waals surface area (Å²) in [5.41, 5.74) is 0.906. The van der Waals surface area contributed by atoms with Crippen molar-refractivity contribution in [2.24, 2.45) is 0 Å². The number of aliphatic hydroxyl groups excluding tert-OH is 1. The van der Waals surface area contributed by atoms with Gasteiger partial charge in [0.15, 0.2) is 0 Å². The normalized spacial score (nSPS) is 15.3. The smallest absolute Gasteiger partial charge is 0.105 e. The molecule has 0 aliphatic carbocycles. The van der Waals surface area contributed by atoms with Crippen LogP contribution < -0.4 is 0 Å². The Morgan fingerprint density at radius 2 is 1.92 bits per heavy atom. The molecular weight excluding hydrogens is 164 g/mol. The minimum Gasteiger partial charge on any atom is -0.386 e. The van der Waals surface area contributed by atoms with Crippen LogP contribution >= 0.6 is 0 Å². The molecule has 0 amide bonds. The largest absolute Gasteiger partial charge is 0.386 e. The van der Waals surface area contributed by atoms with Crippen molar-refractivity contribution >= 4 is 0 Å². The fraction of sp³-hybridized carbons (Fsp3) is 0.455. The fourth-order valence-electron chi connectivity index (χ4n) is 1.28. The molecule has 0 saturated heterocycles. The number of rotatable bonds is 4. The van der Waals surface area contributed by atoms with Gasteiger partial charge in [-0.1, -0.05) is 30.3 Å². The van der Waals surface area contributed by atoms with Crippen molar-refractivity contribution in [1.29, 1.82) is 0 Å². The maximum Gasteiger partial charge on any atom is 0.105 e. The molecule has 72 valence electrons. The van der Waals surface area contributed by atoms with Crippen molar-refractivity contribution < 1.29 is 9.84 Å². The van der Waals surface area contributed by atoms with E-state index in [2.05, 4.69) is 0 Å². The zero-order valence-electron chi connectivity index (χ0n) is 8.10. The molecule has 2 atom stereocenters. The van der Waals surface area contributed by atoms with Gasteiger partial charge in [0.05, 0.1) is 6.10 Å². The van der Waals surface area contributed by atoms with Crippen LogP contribution in [0.25, 0.3) is 0 Å². The molecule has 1 N–H and O–H groups in total. The van der Waals surface area contributed by atoms with E-state index in [1.807, 2.05) is 44.2 Å². The van der Waals surface area contributed by atoms with E-state index in [-0.39, 0.29) is 6.10 Å². The van der Waals surface area contributed by atoms with Gasteiger partial charge < -0.3 is 9.84 Å². The summed E-state index contributed by atoms with van der Waals surface area (Å²) in [5, 5.41) is 9.80. The van der Waals surface area contributed by atoms with Gasteiger partial charge in [0.2, 0.25) is 0 Å². The molecule has 1 rings (SSSR count). The molecule has 0 fully saturated rings. The number of aliphatic hydroxyl groups is 1. The summed E-state index contributed by atoms with van der Waals surface area (Å²) in [6, 6.07) is 9.57. The molecule has 0 heterocycles. The van der Waals surface area contributed by atoms with Crippen LogP contribution in [-0.4, -0.2) is 17.8 Å². The molecule has 0 aliphatic rings. The minimum atomic E-state index is -0.527. The highest BCUT2D eigenvalue weighted by molar-refractivity contribution is 5.18. The van der Waals surface area contributed by atoms with Crippen LogP contribution in [0.2, 0.25) is 0 Å². The average molecular weight is 180 g/mol. The number of hydrogen-bond acceptors (Lipinski definition) is 2. The standard InChI is InChI=1S/C11H16O2/c1-3-13-9(2)11(12)10-7-5-4-6-8-10/h4-9,11-12H,3H2,1-2H3. The Hall–Kier alpha value is -0.860. The summed E-state index contributed by atoms with van der Waals surface area (Å²) in [4.78, 5) is 0. The van der Waals surface area contributed by atoms with Gasteiger partial charge in [-0.15, -0.1) is 0 Å². The van der Waals surface area contributed by atoms with Crippen LogP contribution in [0, 0.1) is 0 Å². The molecule has 1 aromatic carbocycles. The summed E-state index contributed by atoms with van der Waals surface area (Å²) in [6.07, 6.45) is -0.673. The van der Waals surface area contributed by atoms with Gasteiger partial charge >= 0.3 is 0 Å². The van der Waals surface area contributed by atoms with E-state index >= 15 is 0 Å². The molecule has 0 radical (unpaired) electrons. The summed E-state index contributed by atoms with van der Waals surface area (Å²) in [5.74, 6) is 0. The van der Waals surface area contributed by atoms with E-state index in [4.69, 9.17) is 4.74 Å². The Bertz CT molecular complexity index is 233. The first-order chi connectivity index (χ1) is 6.25. The minimum absolute atomic E-state index is 0.146. The maximum atomic E-state index is 9.80. The van der Waals surface area contributed by atoms with Crippen molar-refractivity contribution in [2.45, 2.75) is 26.1 Å². The van der Waals surface area contributed by atoms with Crippen molar-refractivity contribution in [3.8, 4) is 0 Å². The number of benzene rings is 1. The van der Waals surface area contributed by atoms with Crippen LogP contribution in [0.1, 0.15) is 25.5 Å². The van der Waals surface area contributed by atoms with Gasteiger partial charge in [-0.05, 0) is 19.4 Å². The van der Waals surface area contributed by atoms with E-state index < -0.39 is 6.10 Å². The molecule has 0 spiro atoms. The second kappa shape index (κ2) is 5.00. The zero-order chi connectivity index (χ0) is 9.68. The number of ether oxygens (including phenoxy) is 1. The van der Waals surface area contributed by atoms with Gasteiger partial charge in [-0.2, -0.15) is 0 Å². The Labute approximate surface area is 79.2 Å². The SMILES string of the molecule is CCOC(C)C(O)c1ccccc1. The van der Waals surface area contributed by atoms with E-state index in [1.54, 1.807) is 0 Å². The third kappa shape index (κ3) is 2.83. The second-order valence-corrected chi connectivity index (χ2v) is 3.02. The van der Waals surface area contributed by atoms with Crippen LogP contribution in [0.3, 0.4) is 0 Å². The first-order valence-electron chi connectivity index (χ1n) is 4.60. The molecule has 0 aromatic heterocycles. The molecule has 0 bridgehead atoms. The zero-order valence-corrected chi connectivity index (χ0v) is 8.10. The van der Waals surface area contributed by atoms with Gasteiger partial charge in [0, 0.05) is 6.61 Å². The van der Waals surface area contributed by atoms with E-state index in [0.717, 1.165) is 5.56 Å². The second-order valence-electron chi connectivity index (χ2n) is 3.02. The summed E-state index contributed by atoms with van der Waals surface area (Å²) < 4.78 is 5.31. The van der Waals surface area contributed by atoms with Crippen LogP contribution in [0.5, 0.6) is 0 Å². The van der Waals surface area contributed by atoms with Gasteiger partial charge in [0.25, 0.3) is 0 Å².